The van der Waals surface area contributed by atoms with Crippen molar-refractivity contribution >= 4 is 27.4 Å². The van der Waals surface area contributed by atoms with Crippen molar-refractivity contribution in [3.8, 4) is 11.8 Å². The molecule has 192 valence electrons. The van der Waals surface area contributed by atoms with Crippen LogP contribution in [0.3, 0.4) is 0 Å². The van der Waals surface area contributed by atoms with Gasteiger partial charge in [-0.15, -0.1) is 0 Å². The second kappa shape index (κ2) is 13.7. The minimum atomic E-state index is -3.92. The number of carbonyl (C=O) groups excluding carboxylic acids is 1. The Kier molecular flexibility index (Phi) is 10.7. The smallest absolute Gasteiger partial charge is 0.333 e. The number of benzene rings is 2. The Morgan fingerprint density at radius 1 is 1.08 bits per heavy atom. The molecule has 2 aromatic carbocycles. The molecule has 2 rings (SSSR count). The lowest BCUT2D eigenvalue weighted by Gasteiger charge is -2.16. The summed E-state index contributed by atoms with van der Waals surface area (Å²) in [4.78, 5) is 11.7. The van der Waals surface area contributed by atoms with E-state index in [1.807, 2.05) is 19.1 Å². The highest BCUT2D eigenvalue weighted by atomic mass is 32.2. The first-order valence-electron chi connectivity index (χ1n) is 11.6. The van der Waals surface area contributed by atoms with E-state index in [0.29, 0.717) is 34.5 Å². The van der Waals surface area contributed by atoms with Crippen molar-refractivity contribution in [1.29, 1.82) is 0 Å². The van der Waals surface area contributed by atoms with Crippen molar-refractivity contribution in [2.24, 2.45) is 0 Å². The molecular formula is C30H32N2O4S. The summed E-state index contributed by atoms with van der Waals surface area (Å²) in [6.45, 7) is 13.6. The van der Waals surface area contributed by atoms with Crippen LogP contribution in [0.5, 0.6) is 0 Å². The summed E-state index contributed by atoms with van der Waals surface area (Å²) in [5.74, 6) is 5.51. The van der Waals surface area contributed by atoms with Gasteiger partial charge >= 0.3 is 5.97 Å². The molecule has 0 aromatic heterocycles. The van der Waals surface area contributed by atoms with E-state index in [0.717, 1.165) is 11.3 Å². The summed E-state index contributed by atoms with van der Waals surface area (Å²) in [5.41, 5.74) is 3.97. The van der Waals surface area contributed by atoms with E-state index < -0.39 is 16.0 Å². The molecule has 0 unspecified atom stereocenters. The molecule has 0 saturated heterocycles. The van der Waals surface area contributed by atoms with Crippen LogP contribution in [0, 0.1) is 18.8 Å². The van der Waals surface area contributed by atoms with Gasteiger partial charge in [-0.2, -0.15) is 0 Å². The van der Waals surface area contributed by atoms with Gasteiger partial charge in [0.15, 0.2) is 0 Å². The first kappa shape index (κ1) is 29.0. The zero-order chi connectivity index (χ0) is 27.4. The van der Waals surface area contributed by atoms with E-state index in [-0.39, 0.29) is 4.90 Å². The molecule has 2 aromatic rings. The van der Waals surface area contributed by atoms with E-state index in [1.54, 1.807) is 74.5 Å². The van der Waals surface area contributed by atoms with Crippen molar-refractivity contribution in [3.05, 3.63) is 114 Å². The third-order valence-corrected chi connectivity index (χ3v) is 6.78. The Labute approximate surface area is 220 Å². The van der Waals surface area contributed by atoms with Crippen molar-refractivity contribution < 1.29 is 17.9 Å². The van der Waals surface area contributed by atoms with Crippen molar-refractivity contribution in [2.45, 2.75) is 25.7 Å². The Bertz CT molecular complexity index is 1440. The van der Waals surface area contributed by atoms with Crippen LogP contribution in [0.15, 0.2) is 102 Å². The zero-order valence-electron chi connectivity index (χ0n) is 21.6. The molecule has 2 N–H and O–H groups in total. The third-order valence-electron chi connectivity index (χ3n) is 5.27. The Morgan fingerprint density at radius 3 is 2.46 bits per heavy atom. The van der Waals surface area contributed by atoms with Crippen LogP contribution < -0.4 is 10.0 Å². The number of rotatable bonds is 10. The van der Waals surface area contributed by atoms with Gasteiger partial charge in [-0.25, -0.2) is 13.2 Å². The van der Waals surface area contributed by atoms with Gasteiger partial charge in [0.25, 0.3) is 10.0 Å². The molecule has 0 radical (unpaired) electrons. The van der Waals surface area contributed by atoms with E-state index in [1.165, 1.54) is 7.11 Å². The fourth-order valence-corrected chi connectivity index (χ4v) is 4.72. The summed E-state index contributed by atoms with van der Waals surface area (Å²) in [5, 5.41) is 3.25. The maximum Gasteiger partial charge on any atom is 0.333 e. The second-order valence-corrected chi connectivity index (χ2v) is 9.49. The first-order chi connectivity index (χ1) is 17.7. The summed E-state index contributed by atoms with van der Waals surface area (Å²) in [6, 6.07) is 12.0. The number of methoxy groups -OCH3 is 1. The normalized spacial score (nSPS) is 12.2. The van der Waals surface area contributed by atoms with Gasteiger partial charge in [-0.3, -0.25) is 4.72 Å². The number of para-hydroxylation sites is 1. The zero-order valence-corrected chi connectivity index (χ0v) is 22.4. The van der Waals surface area contributed by atoms with Crippen LogP contribution in [0.25, 0.3) is 5.70 Å². The van der Waals surface area contributed by atoms with Crippen molar-refractivity contribution in [1.82, 2.24) is 5.32 Å². The van der Waals surface area contributed by atoms with Crippen LogP contribution >= 0.6 is 0 Å². The number of allylic oxidation sites excluding steroid dienone is 6. The predicted octanol–water partition coefficient (Wildman–Crippen LogP) is 5.52. The SMILES string of the molecule is C=C/C=C(/NCC)c1cccc(S(=O)(=O)Nc2ccccc2C#C/C(C=C)=C/C=C(\C)C(=O)OC)c1C. The van der Waals surface area contributed by atoms with Gasteiger partial charge in [0.05, 0.1) is 17.7 Å². The topological polar surface area (TPSA) is 84.5 Å². The number of carbonyl (C=O) groups is 1. The summed E-state index contributed by atoms with van der Waals surface area (Å²) < 4.78 is 34.2. The van der Waals surface area contributed by atoms with Gasteiger partial charge in [0.1, 0.15) is 0 Å². The Balaban J connectivity index is 2.45. The molecule has 6 nitrogen and oxygen atoms in total. The van der Waals surface area contributed by atoms with Gasteiger partial charge in [0, 0.05) is 34.5 Å². The van der Waals surface area contributed by atoms with E-state index in [9.17, 15) is 13.2 Å². The maximum absolute atomic E-state index is 13.4. The number of anilines is 1. The van der Waals surface area contributed by atoms with Crippen molar-refractivity contribution in [2.75, 3.05) is 18.4 Å². The maximum atomic E-state index is 13.4. The molecule has 0 saturated carbocycles. The lowest BCUT2D eigenvalue weighted by Crippen LogP contribution is -2.17. The van der Waals surface area contributed by atoms with Crippen LogP contribution in [0.4, 0.5) is 5.69 Å². The molecule has 0 aliphatic heterocycles. The van der Waals surface area contributed by atoms with E-state index >= 15 is 0 Å². The second-order valence-electron chi connectivity index (χ2n) is 7.84. The molecule has 0 fully saturated rings. The molecule has 7 heteroatoms. The van der Waals surface area contributed by atoms with Crippen LogP contribution in [-0.2, 0) is 19.6 Å². The Hall–Kier alpha value is -4.28. The van der Waals surface area contributed by atoms with Crippen molar-refractivity contribution in [3.63, 3.8) is 0 Å². The minimum absolute atomic E-state index is 0.163. The van der Waals surface area contributed by atoms with Crippen LogP contribution in [0.2, 0.25) is 0 Å². The van der Waals surface area contributed by atoms with E-state index in [2.05, 4.69) is 39.8 Å². The summed E-state index contributed by atoms with van der Waals surface area (Å²) in [6.07, 6.45) is 8.25. The molecule has 0 spiro atoms. The average Bonchev–Trinajstić information content (AvgIpc) is 2.88. The van der Waals surface area contributed by atoms with Gasteiger partial charge < -0.3 is 10.1 Å². The molecule has 0 aliphatic carbocycles. The first-order valence-corrected chi connectivity index (χ1v) is 13.1. The number of sulfonamides is 1. The van der Waals surface area contributed by atoms with Gasteiger partial charge in [-0.05, 0) is 56.7 Å². The quantitative estimate of drug-likeness (QED) is 0.188. The lowest BCUT2D eigenvalue weighted by molar-refractivity contribution is -0.136. The third kappa shape index (κ3) is 7.86. The highest BCUT2D eigenvalue weighted by Crippen LogP contribution is 2.26. The minimum Gasteiger partial charge on any atom is -0.466 e. The highest BCUT2D eigenvalue weighted by molar-refractivity contribution is 7.92. The van der Waals surface area contributed by atoms with Crippen LogP contribution in [0.1, 0.15) is 30.5 Å². The monoisotopic (exact) mass is 516 g/mol. The number of esters is 1. The average molecular weight is 517 g/mol. The highest BCUT2D eigenvalue weighted by Gasteiger charge is 2.20. The molecule has 0 bridgehead atoms. The summed E-state index contributed by atoms with van der Waals surface area (Å²) >= 11 is 0. The Morgan fingerprint density at radius 2 is 1.81 bits per heavy atom. The molecular weight excluding hydrogens is 484 g/mol. The largest absolute Gasteiger partial charge is 0.466 e. The van der Waals surface area contributed by atoms with Gasteiger partial charge in [-0.1, -0.05) is 67.5 Å². The molecule has 0 heterocycles. The standard InChI is InChI=1S/C30H32N2O4S/c1-7-13-28(31-9-3)26-15-12-17-29(23(26)5)37(34,35)32-27-16-11-10-14-25(27)21-20-24(8-2)19-18-22(4)30(33)36-6/h7-8,10-19,31-32H,1-2,9H2,3-6H3/b22-18+,24-19+,28-13+. The van der Waals surface area contributed by atoms with Crippen LogP contribution in [-0.4, -0.2) is 28.0 Å². The van der Waals surface area contributed by atoms with Gasteiger partial charge in [0.2, 0.25) is 0 Å². The number of nitrogens with one attached hydrogen (secondary N) is 2. The molecule has 0 aliphatic rings. The fraction of sp³-hybridized carbons (Fsp3) is 0.167. The molecule has 0 atom stereocenters. The molecule has 37 heavy (non-hydrogen) atoms. The summed E-state index contributed by atoms with van der Waals surface area (Å²) in [7, 11) is -2.61. The predicted molar refractivity (Wildman–Crippen MR) is 151 cm³/mol. The number of hydrogen-bond acceptors (Lipinski definition) is 5. The lowest BCUT2D eigenvalue weighted by atomic mass is 10.1. The number of hydrogen-bond donors (Lipinski definition) is 2. The number of ether oxygens (including phenoxy) is 1. The van der Waals surface area contributed by atoms with E-state index in [4.69, 9.17) is 0 Å². The fourth-order valence-electron chi connectivity index (χ4n) is 3.37. The molecule has 0 amide bonds.